The molecule has 0 saturated carbocycles. The van der Waals surface area contributed by atoms with E-state index in [1.807, 2.05) is 11.8 Å². The van der Waals surface area contributed by atoms with Gasteiger partial charge in [-0.2, -0.15) is 11.8 Å². The van der Waals surface area contributed by atoms with Crippen LogP contribution in [0.15, 0.2) is 30.3 Å². The summed E-state index contributed by atoms with van der Waals surface area (Å²) in [6.07, 6.45) is 2.13. The molecule has 1 atom stereocenters. The molecule has 3 nitrogen and oxygen atoms in total. The van der Waals surface area contributed by atoms with Crippen molar-refractivity contribution in [1.82, 2.24) is 4.98 Å². The number of anilines is 1. The number of pyridine rings is 1. The predicted octanol–water partition coefficient (Wildman–Crippen LogP) is 2.88. The Bertz CT molecular complexity index is 556. The first-order chi connectivity index (χ1) is 9.17. The minimum Gasteiger partial charge on any atom is -0.356 e. The van der Waals surface area contributed by atoms with Crippen LogP contribution in [0.5, 0.6) is 0 Å². The van der Waals surface area contributed by atoms with E-state index >= 15 is 0 Å². The van der Waals surface area contributed by atoms with Gasteiger partial charge < -0.3 is 10.6 Å². The third kappa shape index (κ3) is 3.01. The Balaban J connectivity index is 2.51. The van der Waals surface area contributed by atoms with E-state index in [4.69, 9.17) is 10.7 Å². The van der Waals surface area contributed by atoms with Gasteiger partial charge in [-0.25, -0.2) is 4.98 Å². The first-order valence-corrected chi connectivity index (χ1v) is 7.87. The van der Waals surface area contributed by atoms with E-state index in [0.717, 1.165) is 17.3 Å². The van der Waals surface area contributed by atoms with Crippen LogP contribution in [-0.2, 0) is 6.54 Å². The molecule has 0 aliphatic rings. The van der Waals surface area contributed by atoms with Crippen LogP contribution >= 0.6 is 11.8 Å². The molecule has 1 heterocycles. The van der Waals surface area contributed by atoms with Crippen LogP contribution < -0.4 is 10.6 Å². The molecule has 102 valence electrons. The summed E-state index contributed by atoms with van der Waals surface area (Å²) in [5.41, 5.74) is 6.70. The van der Waals surface area contributed by atoms with E-state index in [2.05, 4.69) is 55.5 Å². The average Bonchev–Trinajstić information content (AvgIpc) is 2.45. The van der Waals surface area contributed by atoms with Gasteiger partial charge in [0.05, 0.1) is 5.69 Å². The van der Waals surface area contributed by atoms with Crippen LogP contribution in [0, 0.1) is 0 Å². The smallest absolute Gasteiger partial charge is 0.136 e. The third-order valence-electron chi connectivity index (χ3n) is 3.39. The van der Waals surface area contributed by atoms with Crippen LogP contribution in [-0.4, -0.2) is 30.1 Å². The quantitative estimate of drug-likeness (QED) is 0.911. The third-order valence-corrected chi connectivity index (χ3v) is 4.20. The van der Waals surface area contributed by atoms with Crippen molar-refractivity contribution in [2.24, 2.45) is 5.73 Å². The molecule has 19 heavy (non-hydrogen) atoms. The number of rotatable bonds is 5. The second kappa shape index (κ2) is 6.26. The number of benzene rings is 1. The lowest BCUT2D eigenvalue weighted by Gasteiger charge is -2.27. The molecule has 0 amide bonds. The molecule has 1 aromatic heterocycles. The monoisotopic (exact) mass is 275 g/mol. The Kier molecular flexibility index (Phi) is 4.66. The van der Waals surface area contributed by atoms with Gasteiger partial charge in [-0.05, 0) is 24.6 Å². The van der Waals surface area contributed by atoms with Crippen molar-refractivity contribution in [3.05, 3.63) is 36.0 Å². The van der Waals surface area contributed by atoms with Gasteiger partial charge in [0.25, 0.3) is 0 Å². The molecule has 0 saturated heterocycles. The molecule has 2 N–H and O–H groups in total. The van der Waals surface area contributed by atoms with Crippen LogP contribution in [0.25, 0.3) is 10.8 Å². The van der Waals surface area contributed by atoms with E-state index in [0.29, 0.717) is 12.6 Å². The fourth-order valence-corrected chi connectivity index (χ4v) is 2.88. The highest BCUT2D eigenvalue weighted by molar-refractivity contribution is 7.98. The molecule has 0 fully saturated rings. The highest BCUT2D eigenvalue weighted by atomic mass is 32.2. The van der Waals surface area contributed by atoms with Gasteiger partial charge in [0, 0.05) is 30.8 Å². The lowest BCUT2D eigenvalue weighted by atomic mass is 10.1. The second-order valence-corrected chi connectivity index (χ2v) is 5.69. The summed E-state index contributed by atoms with van der Waals surface area (Å²) in [4.78, 5) is 6.96. The summed E-state index contributed by atoms with van der Waals surface area (Å²) >= 11 is 1.85. The van der Waals surface area contributed by atoms with Crippen molar-refractivity contribution in [3.8, 4) is 0 Å². The molecular formula is C15H21N3S. The zero-order chi connectivity index (χ0) is 13.8. The zero-order valence-electron chi connectivity index (χ0n) is 11.8. The molecule has 0 aliphatic carbocycles. The number of hydrogen-bond donors (Lipinski definition) is 1. The highest BCUT2D eigenvalue weighted by Gasteiger charge is 2.14. The minimum atomic E-state index is 0.443. The summed E-state index contributed by atoms with van der Waals surface area (Å²) in [7, 11) is 2.11. The summed E-state index contributed by atoms with van der Waals surface area (Å²) in [5.74, 6) is 2.11. The van der Waals surface area contributed by atoms with Gasteiger partial charge in [-0.15, -0.1) is 0 Å². The fraction of sp³-hybridized carbons (Fsp3) is 0.400. The van der Waals surface area contributed by atoms with Gasteiger partial charge in [0.15, 0.2) is 0 Å². The first-order valence-electron chi connectivity index (χ1n) is 6.48. The summed E-state index contributed by atoms with van der Waals surface area (Å²) in [6, 6.07) is 10.9. The molecule has 2 rings (SSSR count). The molecular weight excluding hydrogens is 254 g/mol. The standard InChI is InChI=1S/C15H21N3S/c1-11(10-19-3)18(2)15-14-7-5-4-6-12(14)8-13(9-16)17-15/h4-8,11H,9-10,16H2,1-3H3. The van der Waals surface area contributed by atoms with Crippen molar-refractivity contribution in [2.75, 3.05) is 24.0 Å². The maximum Gasteiger partial charge on any atom is 0.136 e. The average molecular weight is 275 g/mol. The van der Waals surface area contributed by atoms with Crippen LogP contribution in [0.3, 0.4) is 0 Å². The Morgan fingerprint density at radius 2 is 2.11 bits per heavy atom. The molecule has 4 heteroatoms. The Morgan fingerprint density at radius 3 is 2.79 bits per heavy atom. The number of hydrogen-bond acceptors (Lipinski definition) is 4. The van der Waals surface area contributed by atoms with Crippen LogP contribution in [0.4, 0.5) is 5.82 Å². The van der Waals surface area contributed by atoms with Crippen molar-refractivity contribution in [1.29, 1.82) is 0 Å². The van der Waals surface area contributed by atoms with E-state index in [9.17, 15) is 0 Å². The lowest BCUT2D eigenvalue weighted by Crippen LogP contribution is -2.32. The van der Waals surface area contributed by atoms with Gasteiger partial charge in [0.2, 0.25) is 0 Å². The van der Waals surface area contributed by atoms with Gasteiger partial charge >= 0.3 is 0 Å². The van der Waals surface area contributed by atoms with E-state index in [-0.39, 0.29) is 0 Å². The summed E-state index contributed by atoms with van der Waals surface area (Å²) in [6.45, 7) is 2.70. The molecule has 2 aromatic rings. The van der Waals surface area contributed by atoms with Crippen LogP contribution in [0.1, 0.15) is 12.6 Å². The van der Waals surface area contributed by atoms with Crippen molar-refractivity contribution in [2.45, 2.75) is 19.5 Å². The van der Waals surface area contributed by atoms with Crippen LogP contribution in [0.2, 0.25) is 0 Å². The van der Waals surface area contributed by atoms with Crippen molar-refractivity contribution < 1.29 is 0 Å². The van der Waals surface area contributed by atoms with E-state index in [1.165, 1.54) is 10.8 Å². The van der Waals surface area contributed by atoms with E-state index in [1.54, 1.807) is 0 Å². The summed E-state index contributed by atoms with van der Waals surface area (Å²) in [5, 5.41) is 2.39. The molecule has 0 spiro atoms. The zero-order valence-corrected chi connectivity index (χ0v) is 12.6. The predicted molar refractivity (Wildman–Crippen MR) is 85.9 cm³/mol. The largest absolute Gasteiger partial charge is 0.356 e. The normalized spacial score (nSPS) is 12.6. The topological polar surface area (TPSA) is 42.2 Å². The number of fused-ring (bicyclic) bond motifs is 1. The Labute approximate surface area is 119 Å². The molecule has 0 bridgehead atoms. The van der Waals surface area contributed by atoms with Gasteiger partial charge in [-0.1, -0.05) is 24.3 Å². The minimum absolute atomic E-state index is 0.443. The summed E-state index contributed by atoms with van der Waals surface area (Å²) < 4.78 is 0. The van der Waals surface area contributed by atoms with Crippen molar-refractivity contribution in [3.63, 3.8) is 0 Å². The molecule has 1 aromatic carbocycles. The number of thioether (sulfide) groups is 1. The van der Waals surface area contributed by atoms with Gasteiger partial charge in [0.1, 0.15) is 5.82 Å². The Morgan fingerprint density at radius 1 is 1.37 bits per heavy atom. The molecule has 0 radical (unpaired) electrons. The maximum absolute atomic E-state index is 5.76. The van der Waals surface area contributed by atoms with Crippen molar-refractivity contribution >= 4 is 28.4 Å². The van der Waals surface area contributed by atoms with E-state index < -0.39 is 0 Å². The first kappa shape index (κ1) is 14.2. The second-order valence-electron chi connectivity index (χ2n) is 4.78. The van der Waals surface area contributed by atoms with Gasteiger partial charge in [-0.3, -0.25) is 0 Å². The maximum atomic E-state index is 5.76. The molecule has 1 unspecified atom stereocenters. The SMILES string of the molecule is CSCC(C)N(C)c1nc(CN)cc2ccccc12. The Hall–Kier alpha value is -1.26. The fourth-order valence-electron chi connectivity index (χ4n) is 2.17. The number of aromatic nitrogens is 1. The number of nitrogens with zero attached hydrogens (tertiary/aromatic N) is 2. The highest BCUT2D eigenvalue weighted by Crippen LogP contribution is 2.26. The lowest BCUT2D eigenvalue weighted by molar-refractivity contribution is 0.753. The number of nitrogens with two attached hydrogens (primary N) is 1. The molecule has 0 aliphatic heterocycles.